The number of methoxy groups -OCH3 is 1. The third kappa shape index (κ3) is 4.17. The van der Waals surface area contributed by atoms with E-state index >= 15 is 0 Å². The van der Waals surface area contributed by atoms with Crippen LogP contribution in [0.25, 0.3) is 39.1 Å². The number of benzene rings is 3. The summed E-state index contributed by atoms with van der Waals surface area (Å²) in [5.41, 5.74) is 5.49. The van der Waals surface area contributed by atoms with Gasteiger partial charge >= 0.3 is 0 Å². The third-order valence-corrected chi connectivity index (χ3v) is 6.28. The summed E-state index contributed by atoms with van der Waals surface area (Å²) in [6.45, 7) is 0.593. The maximum atomic E-state index is 9.95. The fourth-order valence-electron chi connectivity index (χ4n) is 4.66. The maximum absolute atomic E-state index is 9.95. The van der Waals surface area contributed by atoms with Gasteiger partial charge in [0.25, 0.3) is 0 Å². The molecule has 3 aromatic heterocycles. The molecule has 0 unspecified atom stereocenters. The number of hydrogen-bond acceptors (Lipinski definition) is 6. The van der Waals surface area contributed by atoms with Crippen LogP contribution in [0.4, 0.5) is 0 Å². The monoisotopic (exact) mass is 491 g/mol. The van der Waals surface area contributed by atoms with Crippen LogP contribution < -0.4 is 9.47 Å². The second kappa shape index (κ2) is 9.75. The lowest BCUT2D eigenvalue weighted by Gasteiger charge is -2.11. The summed E-state index contributed by atoms with van der Waals surface area (Å²) in [7, 11) is 1.63. The highest BCUT2D eigenvalue weighted by Gasteiger charge is 2.24. The molecular weight excluding hydrogens is 466 g/mol. The summed E-state index contributed by atoms with van der Waals surface area (Å²) in [6, 6.07) is 27.8. The summed E-state index contributed by atoms with van der Waals surface area (Å²) in [5, 5.41) is 15.5. The van der Waals surface area contributed by atoms with Gasteiger partial charge in [0.1, 0.15) is 30.1 Å². The molecule has 184 valence electrons. The molecule has 0 aliphatic rings. The molecule has 3 heterocycles. The van der Waals surface area contributed by atoms with Crippen molar-refractivity contribution in [2.45, 2.75) is 13.2 Å². The SMILES string of the molecule is COc1ccc(OCc2nc3c4c(-c5ccccc5)c(-c5ccccc5)n(CCO)c4ncn3n2)cc1. The molecule has 1 N–H and O–H groups in total. The van der Waals surface area contributed by atoms with Crippen molar-refractivity contribution >= 4 is 16.7 Å². The Bertz CT molecular complexity index is 1660. The van der Waals surface area contributed by atoms with Crippen LogP contribution in [0.5, 0.6) is 11.5 Å². The van der Waals surface area contributed by atoms with Crippen LogP contribution in [0.2, 0.25) is 0 Å². The summed E-state index contributed by atoms with van der Waals surface area (Å²) >= 11 is 0. The Morgan fingerprint density at radius 3 is 2.16 bits per heavy atom. The standard InChI is InChI=1S/C29H25N5O3/c1-36-22-12-14-23(15-13-22)37-18-24-31-29-26-25(20-8-4-2-5-9-20)27(21-10-6-3-7-11-21)33(16-17-35)28(26)30-19-34(29)32-24/h2-15,19,35H,16-18H2,1H3. The van der Waals surface area contributed by atoms with Crippen molar-refractivity contribution in [1.82, 2.24) is 24.1 Å². The number of aromatic nitrogens is 5. The fraction of sp³-hybridized carbons (Fsp3) is 0.138. The minimum Gasteiger partial charge on any atom is -0.497 e. The van der Waals surface area contributed by atoms with E-state index in [-0.39, 0.29) is 13.2 Å². The molecule has 0 saturated heterocycles. The van der Waals surface area contributed by atoms with E-state index in [0.29, 0.717) is 23.8 Å². The Labute approximate surface area is 213 Å². The van der Waals surface area contributed by atoms with Gasteiger partial charge in [-0.2, -0.15) is 0 Å². The first-order chi connectivity index (χ1) is 18.3. The van der Waals surface area contributed by atoms with Crippen LogP contribution in [-0.2, 0) is 13.2 Å². The number of fused-ring (bicyclic) bond motifs is 3. The summed E-state index contributed by atoms with van der Waals surface area (Å²) in [5.74, 6) is 2.01. The Morgan fingerprint density at radius 1 is 0.811 bits per heavy atom. The predicted molar refractivity (Wildman–Crippen MR) is 142 cm³/mol. The van der Waals surface area contributed by atoms with E-state index in [1.54, 1.807) is 18.0 Å². The van der Waals surface area contributed by atoms with Gasteiger partial charge in [0.15, 0.2) is 11.5 Å². The molecular formula is C29H25N5O3. The highest BCUT2D eigenvalue weighted by Crippen LogP contribution is 2.41. The molecule has 0 aliphatic carbocycles. The van der Waals surface area contributed by atoms with E-state index in [4.69, 9.17) is 19.4 Å². The molecule has 0 aliphatic heterocycles. The molecule has 0 radical (unpaired) electrons. The molecule has 3 aromatic carbocycles. The quantitative estimate of drug-likeness (QED) is 0.323. The minimum absolute atomic E-state index is 0.0155. The van der Waals surface area contributed by atoms with Crippen molar-refractivity contribution in [3.8, 4) is 33.9 Å². The lowest BCUT2D eigenvalue weighted by molar-refractivity contribution is 0.278. The normalized spacial score (nSPS) is 11.3. The largest absolute Gasteiger partial charge is 0.497 e. The number of aliphatic hydroxyl groups excluding tert-OH is 1. The molecule has 0 saturated carbocycles. The Balaban J connectivity index is 1.53. The van der Waals surface area contributed by atoms with Gasteiger partial charge in [0.2, 0.25) is 0 Å². The predicted octanol–water partition coefficient (Wildman–Crippen LogP) is 4.99. The molecule has 6 aromatic rings. The third-order valence-electron chi connectivity index (χ3n) is 6.28. The lowest BCUT2D eigenvalue weighted by atomic mass is 9.99. The van der Waals surface area contributed by atoms with Gasteiger partial charge in [0.05, 0.1) is 24.8 Å². The van der Waals surface area contributed by atoms with Crippen molar-refractivity contribution in [2.24, 2.45) is 0 Å². The van der Waals surface area contributed by atoms with Crippen LogP contribution >= 0.6 is 0 Å². The first-order valence-corrected chi connectivity index (χ1v) is 12.0. The highest BCUT2D eigenvalue weighted by molar-refractivity contribution is 6.09. The Hall–Kier alpha value is -4.69. The van der Waals surface area contributed by atoms with Crippen LogP contribution in [0.3, 0.4) is 0 Å². The van der Waals surface area contributed by atoms with Crippen molar-refractivity contribution in [3.05, 3.63) is 97.1 Å². The fourth-order valence-corrected chi connectivity index (χ4v) is 4.66. The second-order valence-electron chi connectivity index (χ2n) is 8.53. The van der Waals surface area contributed by atoms with E-state index in [0.717, 1.165) is 39.2 Å². The van der Waals surface area contributed by atoms with Gasteiger partial charge in [0, 0.05) is 12.1 Å². The van der Waals surface area contributed by atoms with Gasteiger partial charge < -0.3 is 19.1 Å². The van der Waals surface area contributed by atoms with Gasteiger partial charge in [-0.3, -0.25) is 0 Å². The smallest absolute Gasteiger partial charge is 0.189 e. The second-order valence-corrected chi connectivity index (χ2v) is 8.53. The first kappa shape index (κ1) is 22.8. The number of aliphatic hydroxyl groups is 1. The van der Waals surface area contributed by atoms with E-state index in [1.165, 1.54) is 0 Å². The summed E-state index contributed by atoms with van der Waals surface area (Å²) in [4.78, 5) is 9.64. The molecule has 0 amide bonds. The lowest BCUT2D eigenvalue weighted by Crippen LogP contribution is -2.05. The van der Waals surface area contributed by atoms with Crippen LogP contribution in [0.15, 0.2) is 91.3 Å². The summed E-state index contributed by atoms with van der Waals surface area (Å²) in [6.07, 6.45) is 1.67. The molecule has 6 rings (SSSR count). The number of hydrogen-bond donors (Lipinski definition) is 1. The van der Waals surface area contributed by atoms with Gasteiger partial charge in [-0.05, 0) is 35.4 Å². The first-order valence-electron chi connectivity index (χ1n) is 12.0. The van der Waals surface area contributed by atoms with E-state index in [1.807, 2.05) is 60.7 Å². The van der Waals surface area contributed by atoms with Crippen molar-refractivity contribution in [1.29, 1.82) is 0 Å². The molecule has 0 atom stereocenters. The van der Waals surface area contributed by atoms with Crippen molar-refractivity contribution in [3.63, 3.8) is 0 Å². The minimum atomic E-state index is -0.0155. The molecule has 8 nitrogen and oxygen atoms in total. The molecule has 37 heavy (non-hydrogen) atoms. The van der Waals surface area contributed by atoms with Gasteiger partial charge in [-0.15, -0.1) is 5.10 Å². The van der Waals surface area contributed by atoms with Crippen LogP contribution in [0, 0.1) is 0 Å². The van der Waals surface area contributed by atoms with Crippen molar-refractivity contribution < 1.29 is 14.6 Å². The average molecular weight is 492 g/mol. The molecule has 0 fully saturated rings. The Morgan fingerprint density at radius 2 is 1.49 bits per heavy atom. The zero-order valence-corrected chi connectivity index (χ0v) is 20.3. The van der Waals surface area contributed by atoms with Gasteiger partial charge in [-0.1, -0.05) is 60.7 Å². The zero-order valence-electron chi connectivity index (χ0n) is 20.3. The Kier molecular flexibility index (Phi) is 6.00. The van der Waals surface area contributed by atoms with E-state index < -0.39 is 0 Å². The molecule has 0 bridgehead atoms. The van der Waals surface area contributed by atoms with Gasteiger partial charge in [-0.25, -0.2) is 14.5 Å². The van der Waals surface area contributed by atoms with Crippen LogP contribution in [0.1, 0.15) is 5.82 Å². The van der Waals surface area contributed by atoms with E-state index in [2.05, 4.69) is 33.9 Å². The van der Waals surface area contributed by atoms with E-state index in [9.17, 15) is 5.11 Å². The topological polar surface area (TPSA) is 86.7 Å². The molecule has 8 heteroatoms. The average Bonchev–Trinajstić information content (AvgIpc) is 3.52. The summed E-state index contributed by atoms with van der Waals surface area (Å²) < 4.78 is 14.9. The van der Waals surface area contributed by atoms with Crippen molar-refractivity contribution in [2.75, 3.05) is 13.7 Å². The maximum Gasteiger partial charge on any atom is 0.189 e. The molecule has 0 spiro atoms. The number of nitrogens with zero attached hydrogens (tertiary/aromatic N) is 5. The number of ether oxygens (including phenoxy) is 2. The zero-order chi connectivity index (χ0) is 25.2. The number of rotatable bonds is 8. The highest BCUT2D eigenvalue weighted by atomic mass is 16.5. The van der Waals surface area contributed by atoms with Crippen LogP contribution in [-0.4, -0.2) is 43.0 Å².